The standard InChI is InChI=1S/C6H10Br4/c7-4-2-1-3-5(8)6(9)10/h5-6H,1-4H2. The molecule has 0 spiro atoms. The van der Waals surface area contributed by atoms with Crippen LogP contribution in [0.5, 0.6) is 0 Å². The first-order valence-electron chi connectivity index (χ1n) is 3.16. The lowest BCUT2D eigenvalue weighted by molar-refractivity contribution is 0.725. The Morgan fingerprint density at radius 1 is 1.00 bits per heavy atom. The zero-order valence-electron chi connectivity index (χ0n) is 5.49. The van der Waals surface area contributed by atoms with E-state index in [0.717, 1.165) is 5.33 Å². The molecule has 0 bridgehead atoms. The molecule has 0 saturated heterocycles. The van der Waals surface area contributed by atoms with Gasteiger partial charge < -0.3 is 0 Å². The van der Waals surface area contributed by atoms with Crippen molar-refractivity contribution in [2.24, 2.45) is 0 Å². The van der Waals surface area contributed by atoms with Gasteiger partial charge in [-0.15, -0.1) is 0 Å². The summed E-state index contributed by atoms with van der Waals surface area (Å²) < 4.78 is 0.398. The number of hydrogen-bond donors (Lipinski definition) is 0. The van der Waals surface area contributed by atoms with Crippen molar-refractivity contribution in [2.75, 3.05) is 5.33 Å². The fourth-order valence-corrected chi connectivity index (χ4v) is 1.81. The first-order chi connectivity index (χ1) is 4.68. The molecule has 0 fully saturated rings. The Balaban J connectivity index is 3.13. The van der Waals surface area contributed by atoms with E-state index in [4.69, 9.17) is 0 Å². The third-order valence-electron chi connectivity index (χ3n) is 1.14. The van der Waals surface area contributed by atoms with Crippen LogP contribution in [-0.2, 0) is 0 Å². The van der Waals surface area contributed by atoms with Gasteiger partial charge >= 0.3 is 0 Å². The summed E-state index contributed by atoms with van der Waals surface area (Å²) in [4.78, 5) is 0.548. The molecule has 0 aromatic carbocycles. The van der Waals surface area contributed by atoms with Crippen LogP contribution >= 0.6 is 63.7 Å². The fourth-order valence-electron chi connectivity index (χ4n) is 0.560. The Kier molecular flexibility index (Phi) is 9.02. The molecule has 0 N–H and O–H groups in total. The summed E-state index contributed by atoms with van der Waals surface area (Å²) in [5.74, 6) is 0. The highest BCUT2D eigenvalue weighted by Gasteiger charge is 2.10. The van der Waals surface area contributed by atoms with E-state index in [-0.39, 0.29) is 0 Å². The lowest BCUT2D eigenvalue weighted by Crippen LogP contribution is -2.05. The molecule has 10 heavy (non-hydrogen) atoms. The van der Waals surface area contributed by atoms with Gasteiger partial charge in [-0.2, -0.15) is 0 Å². The summed E-state index contributed by atoms with van der Waals surface area (Å²) in [6, 6.07) is 0. The summed E-state index contributed by atoms with van der Waals surface area (Å²) in [6.07, 6.45) is 3.75. The Morgan fingerprint density at radius 3 is 2.00 bits per heavy atom. The number of unbranched alkanes of at least 4 members (excludes halogenated alkanes) is 1. The van der Waals surface area contributed by atoms with Crippen molar-refractivity contribution in [3.63, 3.8) is 0 Å². The zero-order valence-corrected chi connectivity index (χ0v) is 11.8. The van der Waals surface area contributed by atoms with Crippen molar-refractivity contribution in [3.05, 3.63) is 0 Å². The van der Waals surface area contributed by atoms with Crippen molar-refractivity contribution < 1.29 is 0 Å². The summed E-state index contributed by atoms with van der Waals surface area (Å²) in [5.41, 5.74) is 0. The smallest absolute Gasteiger partial charge is 0.0822 e. The van der Waals surface area contributed by atoms with Gasteiger partial charge in [0.25, 0.3) is 0 Å². The van der Waals surface area contributed by atoms with E-state index in [0.29, 0.717) is 8.56 Å². The molecular weight excluding hydrogens is 392 g/mol. The third-order valence-corrected chi connectivity index (χ3v) is 5.38. The van der Waals surface area contributed by atoms with Crippen molar-refractivity contribution >= 4 is 63.7 Å². The molecule has 0 aromatic heterocycles. The maximum absolute atomic E-state index is 3.56. The van der Waals surface area contributed by atoms with Crippen LogP contribution in [0.25, 0.3) is 0 Å². The highest BCUT2D eigenvalue weighted by atomic mass is 79.9. The molecule has 0 aliphatic carbocycles. The second-order valence-corrected chi connectivity index (χ2v) is 7.21. The largest absolute Gasteiger partial charge is 0.0928 e. The summed E-state index contributed by atoms with van der Waals surface area (Å²) in [7, 11) is 0. The number of rotatable bonds is 5. The first kappa shape index (κ1) is 11.9. The number of alkyl halides is 4. The van der Waals surface area contributed by atoms with E-state index in [1.165, 1.54) is 19.3 Å². The van der Waals surface area contributed by atoms with E-state index in [9.17, 15) is 0 Å². The lowest BCUT2D eigenvalue weighted by Gasteiger charge is -2.09. The average Bonchev–Trinajstić information content (AvgIpc) is 1.88. The van der Waals surface area contributed by atoms with E-state index in [1.54, 1.807) is 0 Å². The molecule has 62 valence electrons. The van der Waals surface area contributed by atoms with Gasteiger partial charge in [-0.1, -0.05) is 70.1 Å². The Hall–Kier alpha value is 1.92. The van der Waals surface area contributed by atoms with Gasteiger partial charge in [0.15, 0.2) is 0 Å². The van der Waals surface area contributed by atoms with Gasteiger partial charge in [0.2, 0.25) is 0 Å². The average molecular weight is 402 g/mol. The van der Waals surface area contributed by atoms with E-state index < -0.39 is 0 Å². The van der Waals surface area contributed by atoms with Crippen LogP contribution in [0.4, 0.5) is 0 Å². The van der Waals surface area contributed by atoms with Gasteiger partial charge in [0.05, 0.1) is 3.74 Å². The molecule has 0 heterocycles. The monoisotopic (exact) mass is 398 g/mol. The zero-order chi connectivity index (χ0) is 7.98. The van der Waals surface area contributed by atoms with Gasteiger partial charge in [0, 0.05) is 10.2 Å². The normalized spacial score (nSPS) is 14.1. The Morgan fingerprint density at radius 2 is 1.60 bits per heavy atom. The SMILES string of the molecule is BrCCCCC(Br)C(Br)Br. The molecule has 0 nitrogen and oxygen atoms in total. The number of halogens is 4. The Bertz CT molecular complexity index is 74.1. The topological polar surface area (TPSA) is 0 Å². The van der Waals surface area contributed by atoms with Gasteiger partial charge in [-0.05, 0) is 12.8 Å². The van der Waals surface area contributed by atoms with Gasteiger partial charge in [-0.3, -0.25) is 0 Å². The maximum atomic E-state index is 3.56. The predicted octanol–water partition coefficient (Wildman–Crippen LogP) is 4.43. The molecule has 0 rings (SSSR count). The molecule has 4 heteroatoms. The Labute approximate surface area is 96.0 Å². The second kappa shape index (κ2) is 7.56. The summed E-state index contributed by atoms with van der Waals surface area (Å²) in [6.45, 7) is 0. The first-order valence-corrected chi connectivity index (χ1v) is 7.03. The molecule has 1 atom stereocenters. The minimum absolute atomic E-state index is 0.398. The van der Waals surface area contributed by atoms with Crippen molar-refractivity contribution in [3.8, 4) is 0 Å². The highest BCUT2D eigenvalue weighted by molar-refractivity contribution is 9.25. The molecule has 1 unspecified atom stereocenters. The third kappa shape index (κ3) is 6.62. The fraction of sp³-hybridized carbons (Fsp3) is 1.00. The van der Waals surface area contributed by atoms with Gasteiger partial charge in [0.1, 0.15) is 0 Å². The van der Waals surface area contributed by atoms with E-state index in [1.807, 2.05) is 0 Å². The van der Waals surface area contributed by atoms with Crippen molar-refractivity contribution in [1.29, 1.82) is 0 Å². The van der Waals surface area contributed by atoms with Crippen LogP contribution in [0.15, 0.2) is 0 Å². The van der Waals surface area contributed by atoms with E-state index >= 15 is 0 Å². The quantitative estimate of drug-likeness (QED) is 0.472. The molecule has 0 aliphatic heterocycles. The lowest BCUT2D eigenvalue weighted by atomic mass is 10.2. The molecular formula is C6H10Br4. The maximum Gasteiger partial charge on any atom is 0.0822 e. The minimum Gasteiger partial charge on any atom is -0.0928 e. The van der Waals surface area contributed by atoms with E-state index in [2.05, 4.69) is 63.7 Å². The van der Waals surface area contributed by atoms with Gasteiger partial charge in [-0.25, -0.2) is 0 Å². The highest BCUT2D eigenvalue weighted by Crippen LogP contribution is 2.24. The molecule has 0 saturated carbocycles. The van der Waals surface area contributed by atoms with Crippen LogP contribution in [0.3, 0.4) is 0 Å². The van der Waals surface area contributed by atoms with Crippen LogP contribution in [0.2, 0.25) is 0 Å². The molecule has 0 aromatic rings. The summed E-state index contributed by atoms with van der Waals surface area (Å²) in [5, 5.41) is 1.11. The summed E-state index contributed by atoms with van der Waals surface area (Å²) >= 11 is 13.9. The molecule has 0 amide bonds. The molecule has 0 aliphatic rings. The van der Waals surface area contributed by atoms with Crippen LogP contribution in [0.1, 0.15) is 19.3 Å². The van der Waals surface area contributed by atoms with Crippen LogP contribution in [0, 0.1) is 0 Å². The number of hydrogen-bond acceptors (Lipinski definition) is 0. The van der Waals surface area contributed by atoms with Crippen molar-refractivity contribution in [2.45, 2.75) is 27.8 Å². The predicted molar refractivity (Wildman–Crippen MR) is 62.0 cm³/mol. The van der Waals surface area contributed by atoms with Crippen molar-refractivity contribution in [1.82, 2.24) is 0 Å². The van der Waals surface area contributed by atoms with Crippen LogP contribution in [-0.4, -0.2) is 13.9 Å². The minimum atomic E-state index is 0.398. The second-order valence-electron chi connectivity index (χ2n) is 2.04. The van der Waals surface area contributed by atoms with Crippen LogP contribution < -0.4 is 0 Å². The molecule has 0 radical (unpaired) electrons.